The third-order valence-electron chi connectivity index (χ3n) is 2.35. The molecule has 1 amide bonds. The molecule has 1 aromatic heterocycles. The number of hydrogen-bond donors (Lipinski definition) is 1. The van der Waals surface area contributed by atoms with E-state index in [1.165, 1.54) is 6.20 Å². The van der Waals surface area contributed by atoms with Gasteiger partial charge in [0, 0.05) is 6.07 Å². The van der Waals surface area contributed by atoms with Gasteiger partial charge in [-0.25, -0.2) is 4.98 Å². The number of carbonyl (C=O) groups excluding carboxylic acids is 1. The maximum Gasteiger partial charge on any atom is 0.241 e. The van der Waals surface area contributed by atoms with Gasteiger partial charge >= 0.3 is 0 Å². The number of amides is 1. The Balaban J connectivity index is 2.61. The van der Waals surface area contributed by atoms with Crippen molar-refractivity contribution in [2.45, 2.75) is 26.7 Å². The fourth-order valence-corrected chi connectivity index (χ4v) is 1.46. The van der Waals surface area contributed by atoms with Gasteiger partial charge in [-0.05, 0) is 19.4 Å². The van der Waals surface area contributed by atoms with Crippen LogP contribution in [0.25, 0.3) is 0 Å². The predicted octanol–water partition coefficient (Wildman–Crippen LogP) is 2.36. The van der Waals surface area contributed by atoms with Crippen molar-refractivity contribution >= 4 is 11.6 Å². The van der Waals surface area contributed by atoms with Gasteiger partial charge in [0.25, 0.3) is 0 Å². The summed E-state index contributed by atoms with van der Waals surface area (Å²) in [5, 5.41) is 11.5. The van der Waals surface area contributed by atoms with Crippen molar-refractivity contribution in [2.24, 2.45) is 5.92 Å². The molecule has 1 unspecified atom stereocenters. The molecule has 0 saturated carbocycles. The van der Waals surface area contributed by atoms with Gasteiger partial charge in [-0.3, -0.25) is 4.79 Å². The molecule has 0 aliphatic rings. The number of pyridine rings is 1. The zero-order valence-corrected chi connectivity index (χ0v) is 10.6. The lowest BCUT2D eigenvalue weighted by Gasteiger charge is -2.09. The molecule has 18 heavy (non-hydrogen) atoms. The summed E-state index contributed by atoms with van der Waals surface area (Å²) in [6.45, 7) is 4.36. The zero-order valence-electron chi connectivity index (χ0n) is 10.6. The number of carbonyl (C=O) groups is 1. The first-order valence-electron chi connectivity index (χ1n) is 6.00. The van der Waals surface area contributed by atoms with E-state index in [9.17, 15) is 4.79 Å². The molecule has 96 valence electrons. The summed E-state index contributed by atoms with van der Waals surface area (Å²) in [7, 11) is 0. The lowest BCUT2D eigenvalue weighted by atomic mass is 10.1. The van der Waals surface area contributed by atoms with Crippen LogP contribution >= 0.6 is 0 Å². The largest absolute Gasteiger partial charge is 0.478 e. The van der Waals surface area contributed by atoms with Crippen LogP contribution in [0.2, 0.25) is 0 Å². The number of aromatic nitrogens is 1. The fraction of sp³-hybridized carbons (Fsp3) is 0.462. The minimum Gasteiger partial charge on any atom is -0.478 e. The Morgan fingerprint density at radius 2 is 2.33 bits per heavy atom. The molecule has 1 N–H and O–H groups in total. The monoisotopic (exact) mass is 247 g/mol. The number of hydrogen-bond acceptors (Lipinski definition) is 4. The summed E-state index contributed by atoms with van der Waals surface area (Å²) in [5.41, 5.74) is 0.569. The van der Waals surface area contributed by atoms with E-state index in [-0.39, 0.29) is 5.91 Å². The second kappa shape index (κ2) is 7.28. The number of anilines is 1. The number of nitriles is 1. The van der Waals surface area contributed by atoms with Crippen molar-refractivity contribution in [3.05, 3.63) is 18.3 Å². The highest BCUT2D eigenvalue weighted by atomic mass is 16.5. The molecular weight excluding hydrogens is 230 g/mol. The van der Waals surface area contributed by atoms with Gasteiger partial charge in [0.2, 0.25) is 11.8 Å². The summed E-state index contributed by atoms with van der Waals surface area (Å²) >= 11 is 0. The van der Waals surface area contributed by atoms with Crippen LogP contribution in [0.4, 0.5) is 5.69 Å². The highest BCUT2D eigenvalue weighted by Crippen LogP contribution is 2.14. The van der Waals surface area contributed by atoms with Crippen LogP contribution in [-0.4, -0.2) is 17.5 Å². The first-order chi connectivity index (χ1) is 8.71. The van der Waals surface area contributed by atoms with Crippen LogP contribution in [0.15, 0.2) is 18.3 Å². The number of ether oxygens (including phenoxy) is 1. The van der Waals surface area contributed by atoms with E-state index in [4.69, 9.17) is 10.00 Å². The Bertz CT molecular complexity index is 423. The van der Waals surface area contributed by atoms with Gasteiger partial charge in [0.1, 0.15) is 5.92 Å². The van der Waals surface area contributed by atoms with Gasteiger partial charge < -0.3 is 10.1 Å². The SMILES string of the molecule is CCCC(C#N)C(=O)Nc1ccc(OCC)nc1. The molecule has 0 fully saturated rings. The number of rotatable bonds is 6. The smallest absolute Gasteiger partial charge is 0.241 e. The summed E-state index contributed by atoms with van der Waals surface area (Å²) < 4.78 is 5.20. The predicted molar refractivity (Wildman–Crippen MR) is 68.0 cm³/mol. The van der Waals surface area contributed by atoms with E-state index >= 15 is 0 Å². The Hall–Kier alpha value is -2.09. The van der Waals surface area contributed by atoms with Crippen LogP contribution in [0.3, 0.4) is 0 Å². The molecule has 0 bridgehead atoms. The van der Waals surface area contributed by atoms with Crippen LogP contribution < -0.4 is 10.1 Å². The molecule has 0 aliphatic carbocycles. The minimum absolute atomic E-state index is 0.287. The molecule has 0 saturated heterocycles. The maximum atomic E-state index is 11.8. The normalized spacial score (nSPS) is 11.4. The van der Waals surface area contributed by atoms with Crippen LogP contribution in [0.5, 0.6) is 5.88 Å². The van der Waals surface area contributed by atoms with Gasteiger partial charge in [-0.1, -0.05) is 13.3 Å². The molecule has 0 spiro atoms. The van der Waals surface area contributed by atoms with Crippen molar-refractivity contribution in [3.8, 4) is 11.9 Å². The van der Waals surface area contributed by atoms with Gasteiger partial charge in [0.05, 0.1) is 24.6 Å². The quantitative estimate of drug-likeness (QED) is 0.837. The number of nitrogens with one attached hydrogen (secondary N) is 1. The highest BCUT2D eigenvalue weighted by molar-refractivity contribution is 5.93. The standard InChI is InChI=1S/C13H17N3O2/c1-3-5-10(8-14)13(17)16-11-6-7-12(15-9-11)18-4-2/h6-7,9-10H,3-5H2,1-2H3,(H,16,17). The Labute approximate surface area is 107 Å². The minimum atomic E-state index is -0.610. The van der Waals surface area contributed by atoms with Crippen molar-refractivity contribution in [3.63, 3.8) is 0 Å². The molecule has 5 heteroatoms. The third-order valence-corrected chi connectivity index (χ3v) is 2.35. The van der Waals surface area contributed by atoms with Crippen molar-refractivity contribution in [2.75, 3.05) is 11.9 Å². The van der Waals surface area contributed by atoms with Crippen LogP contribution in [-0.2, 0) is 4.79 Å². The van der Waals surface area contributed by atoms with Crippen molar-refractivity contribution in [1.82, 2.24) is 4.98 Å². The van der Waals surface area contributed by atoms with Crippen LogP contribution in [0, 0.1) is 17.2 Å². The maximum absolute atomic E-state index is 11.8. The highest BCUT2D eigenvalue weighted by Gasteiger charge is 2.16. The van der Waals surface area contributed by atoms with Crippen LogP contribution in [0.1, 0.15) is 26.7 Å². The average molecular weight is 247 g/mol. The van der Waals surface area contributed by atoms with E-state index in [2.05, 4.69) is 10.3 Å². The summed E-state index contributed by atoms with van der Waals surface area (Å²) in [6.07, 6.45) is 2.88. The molecule has 5 nitrogen and oxygen atoms in total. The Morgan fingerprint density at radius 1 is 1.56 bits per heavy atom. The fourth-order valence-electron chi connectivity index (χ4n) is 1.46. The topological polar surface area (TPSA) is 75.0 Å². The second-order valence-corrected chi connectivity index (χ2v) is 3.78. The van der Waals surface area contributed by atoms with Crippen molar-refractivity contribution < 1.29 is 9.53 Å². The Morgan fingerprint density at radius 3 is 2.83 bits per heavy atom. The molecule has 0 radical (unpaired) electrons. The van der Waals surface area contributed by atoms with E-state index in [0.29, 0.717) is 24.6 Å². The van der Waals surface area contributed by atoms with Crippen molar-refractivity contribution in [1.29, 1.82) is 5.26 Å². The third kappa shape index (κ3) is 4.06. The van der Waals surface area contributed by atoms with E-state index < -0.39 is 5.92 Å². The average Bonchev–Trinajstić information content (AvgIpc) is 2.38. The van der Waals surface area contributed by atoms with E-state index in [0.717, 1.165) is 6.42 Å². The first kappa shape index (κ1) is 14.0. The second-order valence-electron chi connectivity index (χ2n) is 3.78. The molecule has 1 aromatic rings. The molecule has 1 rings (SSSR count). The molecule has 0 aliphatic heterocycles. The summed E-state index contributed by atoms with van der Waals surface area (Å²) in [4.78, 5) is 15.8. The Kier molecular flexibility index (Phi) is 5.65. The van der Waals surface area contributed by atoms with Gasteiger partial charge in [-0.2, -0.15) is 5.26 Å². The first-order valence-corrected chi connectivity index (χ1v) is 6.00. The van der Waals surface area contributed by atoms with Gasteiger partial charge in [0.15, 0.2) is 0 Å². The lowest BCUT2D eigenvalue weighted by Crippen LogP contribution is -2.21. The summed E-state index contributed by atoms with van der Waals surface area (Å²) in [6, 6.07) is 5.38. The molecular formula is C13H17N3O2. The molecule has 1 heterocycles. The lowest BCUT2D eigenvalue weighted by molar-refractivity contribution is -0.118. The molecule has 0 aromatic carbocycles. The van der Waals surface area contributed by atoms with E-state index in [1.54, 1.807) is 12.1 Å². The zero-order chi connectivity index (χ0) is 13.4. The summed E-state index contributed by atoms with van der Waals surface area (Å²) in [5.74, 6) is -0.382. The number of nitrogens with zero attached hydrogens (tertiary/aromatic N) is 2. The van der Waals surface area contributed by atoms with Gasteiger partial charge in [-0.15, -0.1) is 0 Å². The van der Waals surface area contributed by atoms with E-state index in [1.807, 2.05) is 19.9 Å². The molecule has 1 atom stereocenters.